The number of aryl methyl sites for hydroxylation is 2. The van der Waals surface area contributed by atoms with Crippen molar-refractivity contribution >= 4 is 141 Å². The molecule has 4 atom stereocenters. The highest BCUT2D eigenvalue weighted by molar-refractivity contribution is 6.14. The summed E-state index contributed by atoms with van der Waals surface area (Å²) in [5.41, 5.74) is 20.2. The van der Waals surface area contributed by atoms with E-state index in [1.807, 2.05) is 166 Å². The van der Waals surface area contributed by atoms with Gasteiger partial charge < -0.3 is 57.5 Å². The minimum atomic E-state index is -0.296. The maximum absolute atomic E-state index is 14.0. The summed E-state index contributed by atoms with van der Waals surface area (Å²) in [4.78, 5) is 163. The van der Waals surface area contributed by atoms with Crippen LogP contribution in [-0.4, -0.2) is 218 Å². The number of nitrogens with zero attached hydrogens (tertiary/aromatic N) is 11. The number of rotatable bonds is 39. The molecule has 0 aromatic heterocycles. The first-order valence-corrected chi connectivity index (χ1v) is 47.9. The van der Waals surface area contributed by atoms with Crippen molar-refractivity contribution in [2.45, 2.75) is 154 Å². The Morgan fingerprint density at radius 1 is 0.371 bits per heavy atom. The number of hydrazine groups is 1. The van der Waals surface area contributed by atoms with Gasteiger partial charge in [-0.25, -0.2) is 11.3 Å². The number of aldehydes is 1. The molecule has 10 aliphatic rings. The van der Waals surface area contributed by atoms with Gasteiger partial charge in [0, 0.05) is 155 Å². The molecule has 736 valence electrons. The fourth-order valence-electron chi connectivity index (χ4n) is 18.0. The summed E-state index contributed by atoms with van der Waals surface area (Å²) in [6.07, 6.45) is 34.6. The van der Waals surface area contributed by atoms with Crippen LogP contribution in [0.3, 0.4) is 0 Å². The molecule has 0 saturated carbocycles. The third-order valence-electron chi connectivity index (χ3n) is 26.0. The first-order chi connectivity index (χ1) is 69.5. The molecule has 0 bridgehead atoms. The van der Waals surface area contributed by atoms with Crippen LogP contribution in [0.2, 0.25) is 0 Å². The molecule has 10 amide bonds. The highest BCUT2D eigenvalue weighted by Crippen LogP contribution is 2.45. The zero-order valence-corrected chi connectivity index (χ0v) is 80.5. The second-order valence-electron chi connectivity index (χ2n) is 35.6. The van der Waals surface area contributed by atoms with Gasteiger partial charge in [-0.15, -0.1) is 0 Å². The topological polar surface area (TPSA) is 393 Å². The lowest BCUT2D eigenvalue weighted by Gasteiger charge is -2.19. The van der Waals surface area contributed by atoms with Crippen LogP contribution < -0.4 is 54.6 Å². The molecule has 143 heavy (non-hydrogen) atoms. The van der Waals surface area contributed by atoms with Crippen LogP contribution in [0.15, 0.2) is 220 Å². The zero-order chi connectivity index (χ0) is 100. The first kappa shape index (κ1) is 99.7. The third-order valence-corrected chi connectivity index (χ3v) is 26.0. The van der Waals surface area contributed by atoms with Gasteiger partial charge in [0.15, 0.2) is 23.0 Å². The van der Waals surface area contributed by atoms with E-state index in [-0.39, 0.29) is 89.7 Å². The number of nitrogens with two attached hydrogens (primary N) is 1. The van der Waals surface area contributed by atoms with Crippen LogP contribution in [0.5, 0.6) is 46.0 Å². The van der Waals surface area contributed by atoms with E-state index in [9.17, 15) is 52.7 Å². The lowest BCUT2D eigenvalue weighted by atomic mass is 10.0. The molecule has 0 spiro atoms. The summed E-state index contributed by atoms with van der Waals surface area (Å²) >= 11 is 0. The van der Waals surface area contributed by atoms with Gasteiger partial charge >= 0.3 is 0 Å². The number of carbonyl (C=O) groups excluding carboxylic acids is 11. The number of benzene rings is 8. The number of carbonyl (C=O) groups is 11. The lowest BCUT2D eigenvalue weighted by Crippen LogP contribution is -2.32. The van der Waals surface area contributed by atoms with Crippen LogP contribution in [0.4, 0.5) is 22.7 Å². The van der Waals surface area contributed by atoms with Crippen molar-refractivity contribution in [2.75, 3.05) is 68.0 Å². The summed E-state index contributed by atoms with van der Waals surface area (Å²) in [7, 11) is 6.39. The monoisotopic (exact) mass is 1930 g/mol. The summed E-state index contributed by atoms with van der Waals surface area (Å²) in [6, 6.07) is 44.4. The largest absolute Gasteiger partial charge is 0.497 e. The average Bonchev–Trinajstić information content (AvgIpc) is 1.65. The number of hydrogen-bond donors (Lipinski definition) is 3. The Bertz CT molecular complexity index is 6560. The molecule has 0 unspecified atom stereocenters. The van der Waals surface area contributed by atoms with E-state index in [2.05, 4.69) is 10.5 Å². The minimum absolute atomic E-state index is 0.0726. The number of unbranched alkanes of at least 4 members (excludes halogenated alkanes) is 8. The Kier molecular flexibility index (Phi) is 32.5. The number of aliphatic imine (C=N–C) groups is 4. The fourth-order valence-corrected chi connectivity index (χ4v) is 18.0. The van der Waals surface area contributed by atoms with E-state index in [4.69, 9.17) is 63.7 Å². The molecule has 18 rings (SSSR count). The Morgan fingerprint density at radius 2 is 0.678 bits per heavy atom. The van der Waals surface area contributed by atoms with Crippen LogP contribution in [0, 0.1) is 13.8 Å². The Morgan fingerprint density at radius 3 is 1.01 bits per heavy atom. The Labute approximate surface area is 827 Å². The van der Waals surface area contributed by atoms with Crippen LogP contribution in [-0.2, 0) is 28.8 Å². The number of fused-ring (bicyclic) bond motifs is 8. The van der Waals surface area contributed by atoms with Gasteiger partial charge in [-0.1, -0.05) is 85.6 Å². The number of ether oxygens (including phenoxy) is 8. The van der Waals surface area contributed by atoms with E-state index in [0.29, 0.717) is 189 Å². The molecule has 33 heteroatoms. The molecule has 8 aromatic rings. The van der Waals surface area contributed by atoms with Gasteiger partial charge in [0.25, 0.3) is 47.3 Å². The second-order valence-corrected chi connectivity index (χ2v) is 35.6. The lowest BCUT2D eigenvalue weighted by molar-refractivity contribution is -0.138. The molecule has 0 fully saturated rings. The SMILES string of the molecule is COc1ccc(C2=CN3C(=O)c4cc(C)c(OCCCCCOc5cc6c(cc5OC)C(=O)N5C=C(c7ccc(/C=N/NC(=O)CCCCCN8C(=O)C=CC8=O)cc7)C[C@H]5C=N6)cc4N=C[C@@H]3C2)cc1.COc1ccc(C2=CN3C(=O)c4cc(C)c(OCCCCCOc5cc6c(cc5OC)C(=O)N5C=C(c7ccc(C=O)cc7)C[C@H]5C=N6)cc4N=C[C@@H]3C2)cc1.NNC(=O)CCCCCN1C(=O)C=CC1=O. The maximum Gasteiger partial charge on any atom is 0.260 e. The quantitative estimate of drug-likeness (QED) is 0.00612. The highest BCUT2D eigenvalue weighted by Gasteiger charge is 2.39. The third kappa shape index (κ3) is 23.9. The maximum atomic E-state index is 14.0. The van der Waals surface area contributed by atoms with Crippen molar-refractivity contribution in [1.82, 2.24) is 40.3 Å². The Hall–Kier alpha value is -16.3. The molecule has 33 nitrogen and oxygen atoms in total. The van der Waals surface area contributed by atoms with Gasteiger partial charge in [-0.05, 0) is 188 Å². The van der Waals surface area contributed by atoms with E-state index in [1.165, 1.54) is 34.1 Å². The van der Waals surface area contributed by atoms with Crippen molar-refractivity contribution < 1.29 is 90.6 Å². The second kappa shape index (κ2) is 46.6. The van der Waals surface area contributed by atoms with Crippen LogP contribution >= 0.6 is 0 Å². The summed E-state index contributed by atoms with van der Waals surface area (Å²) < 4.78 is 46.6. The van der Waals surface area contributed by atoms with E-state index in [1.54, 1.807) is 103 Å². The first-order valence-electron chi connectivity index (χ1n) is 47.9. The number of hydrazone groups is 1. The van der Waals surface area contributed by atoms with Crippen molar-refractivity contribution in [3.63, 3.8) is 0 Å². The number of amides is 10. The predicted molar refractivity (Wildman–Crippen MR) is 542 cm³/mol. The molecule has 0 aliphatic carbocycles. The van der Waals surface area contributed by atoms with Gasteiger partial charge in [0.1, 0.15) is 29.3 Å². The summed E-state index contributed by atoms with van der Waals surface area (Å²) in [6.45, 7) is 6.54. The fraction of sp³-hybridized carbons (Fsp3) is 0.309. The zero-order valence-electron chi connectivity index (χ0n) is 80.5. The minimum Gasteiger partial charge on any atom is -0.497 e. The summed E-state index contributed by atoms with van der Waals surface area (Å²) in [5.74, 6) is 7.85. The molecular weight excluding hydrogens is 1820 g/mol. The van der Waals surface area contributed by atoms with Crippen LogP contribution in [0.1, 0.15) is 206 Å². The number of nitrogens with one attached hydrogen (secondary N) is 2. The highest BCUT2D eigenvalue weighted by atomic mass is 16.5. The number of hydrogen-bond acceptors (Lipinski definition) is 25. The molecule has 10 heterocycles. The molecule has 8 aromatic carbocycles. The van der Waals surface area contributed by atoms with Gasteiger partial charge in [0.05, 0.1) is 130 Å². The number of imide groups is 2. The Balaban J connectivity index is 0.000000181. The molecule has 4 N–H and O–H groups in total. The predicted octanol–water partition coefficient (Wildman–Crippen LogP) is 16.4. The van der Waals surface area contributed by atoms with Crippen molar-refractivity contribution in [3.05, 3.63) is 261 Å². The molecule has 10 aliphatic heterocycles. The molecule has 0 radical (unpaired) electrons. The molecule has 0 saturated heterocycles. The molecular formula is C110H112N14O19. The van der Waals surface area contributed by atoms with Crippen molar-refractivity contribution in [2.24, 2.45) is 30.9 Å². The number of methoxy groups -OCH3 is 4. The standard InChI is InChI=1S/C55H55N7O9.C45H42N4O7.C10H15N3O3/c1-35-24-44-46(56-31-41-26-40(34-61(41)54(44)66)38-15-17-43(68-2)18-16-38)28-48(35)70-22-8-5-9-23-71-50-29-47-45(27-49(50)69-3)55(67)62-33-39(25-42(62)32-57-47)37-13-11-36(12-14-37)30-58-59-51(63)10-6-4-7-21-60-52(64)19-20-53(60)65;1-28-17-37-39(46-23-34-19-33(26-48(34)44(37)51)31-11-13-36(53-2)14-12-31)21-41(28)55-15-5-4-6-16-56-43-22-40-38(20-42(43)54-3)45(52)49-25-32(18-35(49)24-47-40)30-9-7-29(27-50)8-10-30;11-12-8(14)4-2-1-3-7-13-9(15)5-6-10(13)16/h11-20,24,27-34,41-42H,4-10,21-23,25-26H2,1-3H3,(H,59,63);7-14,17,20-27,34-35H,4-6,15-16,18-19H2,1-3H3;5-6H,1-4,7,11H2,(H,12,14)/b58-30+;;/t41-,42-;34-,35-;/m00./s1. The van der Waals surface area contributed by atoms with E-state index < -0.39 is 0 Å². The van der Waals surface area contributed by atoms with Gasteiger partial charge in [-0.2, -0.15) is 5.10 Å². The summed E-state index contributed by atoms with van der Waals surface area (Å²) in [5, 5.41) is 4.09. The van der Waals surface area contributed by atoms with Gasteiger partial charge in [0.2, 0.25) is 11.8 Å². The smallest absolute Gasteiger partial charge is 0.260 e. The van der Waals surface area contributed by atoms with Crippen LogP contribution in [0.25, 0.3) is 22.3 Å². The van der Waals surface area contributed by atoms with Crippen molar-refractivity contribution in [1.29, 1.82) is 0 Å². The van der Waals surface area contributed by atoms with E-state index in [0.717, 1.165) is 124 Å². The van der Waals surface area contributed by atoms with E-state index >= 15 is 0 Å². The normalized spacial score (nSPS) is 17.4. The average molecular weight is 1930 g/mol. The van der Waals surface area contributed by atoms with Crippen molar-refractivity contribution in [3.8, 4) is 46.0 Å². The van der Waals surface area contributed by atoms with Gasteiger partial charge in [-0.3, -0.25) is 87.9 Å².